The van der Waals surface area contributed by atoms with Gasteiger partial charge in [-0.05, 0) is 39.0 Å². The third-order valence-corrected chi connectivity index (χ3v) is 3.50. The average Bonchev–Trinajstić information content (AvgIpc) is 2.39. The number of rotatable bonds is 3. The van der Waals surface area contributed by atoms with Crippen LogP contribution in [0.4, 0.5) is 5.82 Å². The molecule has 18 heavy (non-hydrogen) atoms. The van der Waals surface area contributed by atoms with E-state index in [9.17, 15) is 4.79 Å². The average molecular weight is 250 g/mol. The summed E-state index contributed by atoms with van der Waals surface area (Å²) in [5, 5.41) is 16.9. The van der Waals surface area contributed by atoms with Gasteiger partial charge < -0.3 is 14.9 Å². The monoisotopic (exact) mass is 250 g/mol. The predicted molar refractivity (Wildman–Crippen MR) is 67.9 cm³/mol. The summed E-state index contributed by atoms with van der Waals surface area (Å²) in [4.78, 5) is 15.4. The Kier molecular flexibility index (Phi) is 3.76. The van der Waals surface area contributed by atoms with Crippen molar-refractivity contribution in [2.24, 2.45) is 0 Å². The number of hydrogen-bond acceptors (Lipinski definition) is 5. The number of likely N-dealkylation sites (tertiary alicyclic amines) is 1. The fourth-order valence-corrected chi connectivity index (χ4v) is 2.31. The molecular formula is C12H18N4O2. The van der Waals surface area contributed by atoms with Crippen molar-refractivity contribution in [1.82, 2.24) is 15.1 Å². The second kappa shape index (κ2) is 5.30. The van der Waals surface area contributed by atoms with E-state index in [0.717, 1.165) is 25.9 Å². The lowest BCUT2D eigenvalue weighted by Gasteiger charge is -2.35. The second-order valence-corrected chi connectivity index (χ2v) is 4.72. The summed E-state index contributed by atoms with van der Waals surface area (Å²) in [7, 11) is 3.99. The lowest BCUT2D eigenvalue weighted by molar-refractivity contribution is 0.0696. The Hall–Kier alpha value is -1.69. The van der Waals surface area contributed by atoms with Gasteiger partial charge in [0.2, 0.25) is 0 Å². The first kappa shape index (κ1) is 12.8. The number of aromatic carboxylic acids is 1. The molecular weight excluding hydrogens is 232 g/mol. The predicted octanol–water partition coefficient (Wildman–Crippen LogP) is 0.705. The number of anilines is 1. The van der Waals surface area contributed by atoms with Crippen molar-refractivity contribution in [3.05, 3.63) is 17.8 Å². The van der Waals surface area contributed by atoms with Gasteiger partial charge in [0, 0.05) is 13.1 Å². The Morgan fingerprint density at radius 2 is 2.17 bits per heavy atom. The van der Waals surface area contributed by atoms with Crippen LogP contribution in [-0.2, 0) is 0 Å². The van der Waals surface area contributed by atoms with E-state index in [-0.39, 0.29) is 5.56 Å². The molecule has 0 radical (unpaired) electrons. The molecule has 1 aromatic heterocycles. The number of carboxylic acids is 1. The highest BCUT2D eigenvalue weighted by molar-refractivity contribution is 5.93. The summed E-state index contributed by atoms with van der Waals surface area (Å²) in [5.41, 5.74) is 0.214. The molecule has 1 fully saturated rings. The zero-order valence-electron chi connectivity index (χ0n) is 10.7. The summed E-state index contributed by atoms with van der Waals surface area (Å²) >= 11 is 0. The molecule has 0 aliphatic carbocycles. The Bertz CT molecular complexity index is 430. The van der Waals surface area contributed by atoms with Gasteiger partial charge in [-0.3, -0.25) is 0 Å². The van der Waals surface area contributed by atoms with Crippen molar-refractivity contribution >= 4 is 11.8 Å². The fourth-order valence-electron chi connectivity index (χ4n) is 2.31. The molecule has 1 aliphatic heterocycles. The maximum absolute atomic E-state index is 11.2. The first-order valence-electron chi connectivity index (χ1n) is 6.06. The molecule has 0 saturated carbocycles. The minimum absolute atomic E-state index is 0.214. The molecule has 0 spiro atoms. The van der Waals surface area contributed by atoms with Gasteiger partial charge in [0.05, 0.1) is 6.20 Å². The van der Waals surface area contributed by atoms with Crippen LogP contribution in [0.2, 0.25) is 0 Å². The number of carboxylic acid groups (broad SMARTS) is 1. The maximum atomic E-state index is 11.2. The van der Waals surface area contributed by atoms with Gasteiger partial charge in [-0.25, -0.2) is 4.79 Å². The van der Waals surface area contributed by atoms with Crippen molar-refractivity contribution in [2.45, 2.75) is 18.9 Å². The molecule has 6 heteroatoms. The van der Waals surface area contributed by atoms with Gasteiger partial charge in [0.15, 0.2) is 5.82 Å². The van der Waals surface area contributed by atoms with Gasteiger partial charge in [-0.2, -0.15) is 5.10 Å². The fraction of sp³-hybridized carbons (Fsp3) is 0.583. The Morgan fingerprint density at radius 3 is 2.78 bits per heavy atom. The SMILES string of the molecule is CN1CCC(N(C)c2nnccc2C(=O)O)CC1. The minimum Gasteiger partial charge on any atom is -0.478 e. The van der Waals surface area contributed by atoms with Gasteiger partial charge in [0.1, 0.15) is 5.56 Å². The summed E-state index contributed by atoms with van der Waals surface area (Å²) in [6, 6.07) is 1.83. The van der Waals surface area contributed by atoms with Crippen molar-refractivity contribution in [3.8, 4) is 0 Å². The molecule has 0 atom stereocenters. The van der Waals surface area contributed by atoms with Crippen molar-refractivity contribution in [3.63, 3.8) is 0 Å². The quantitative estimate of drug-likeness (QED) is 0.852. The molecule has 2 heterocycles. The van der Waals surface area contributed by atoms with Crippen LogP contribution in [0.1, 0.15) is 23.2 Å². The van der Waals surface area contributed by atoms with Crippen LogP contribution in [0.25, 0.3) is 0 Å². The molecule has 0 aromatic carbocycles. The summed E-state index contributed by atoms with van der Waals surface area (Å²) in [6.45, 7) is 2.05. The molecule has 0 amide bonds. The first-order chi connectivity index (χ1) is 8.59. The van der Waals surface area contributed by atoms with E-state index in [1.54, 1.807) is 0 Å². The Labute approximate surface area is 106 Å². The highest BCUT2D eigenvalue weighted by Gasteiger charge is 2.24. The van der Waals surface area contributed by atoms with E-state index in [4.69, 9.17) is 5.11 Å². The maximum Gasteiger partial charge on any atom is 0.339 e. The van der Waals surface area contributed by atoms with E-state index < -0.39 is 5.97 Å². The lowest BCUT2D eigenvalue weighted by Crippen LogP contribution is -2.42. The molecule has 1 aromatic rings. The van der Waals surface area contributed by atoms with Crippen molar-refractivity contribution in [1.29, 1.82) is 0 Å². The van der Waals surface area contributed by atoms with E-state index in [0.29, 0.717) is 11.9 Å². The molecule has 1 saturated heterocycles. The lowest BCUT2D eigenvalue weighted by atomic mass is 10.0. The van der Waals surface area contributed by atoms with Crippen LogP contribution < -0.4 is 4.90 Å². The summed E-state index contributed by atoms with van der Waals surface area (Å²) in [6.07, 6.45) is 3.45. The van der Waals surface area contributed by atoms with Crippen LogP contribution in [0, 0.1) is 0 Å². The van der Waals surface area contributed by atoms with Crippen molar-refractivity contribution in [2.75, 3.05) is 32.1 Å². The van der Waals surface area contributed by atoms with E-state index in [1.165, 1.54) is 12.3 Å². The molecule has 0 unspecified atom stereocenters. The van der Waals surface area contributed by atoms with Crippen LogP contribution in [0.3, 0.4) is 0 Å². The molecule has 0 bridgehead atoms. The highest BCUT2D eigenvalue weighted by atomic mass is 16.4. The number of piperidine rings is 1. The van der Waals surface area contributed by atoms with E-state index >= 15 is 0 Å². The van der Waals surface area contributed by atoms with Crippen LogP contribution >= 0.6 is 0 Å². The van der Waals surface area contributed by atoms with Gasteiger partial charge in [-0.1, -0.05) is 0 Å². The normalized spacial score (nSPS) is 17.7. The molecule has 6 nitrogen and oxygen atoms in total. The second-order valence-electron chi connectivity index (χ2n) is 4.72. The minimum atomic E-state index is -0.959. The van der Waals surface area contributed by atoms with Gasteiger partial charge in [-0.15, -0.1) is 5.10 Å². The Morgan fingerprint density at radius 1 is 1.50 bits per heavy atom. The number of aromatic nitrogens is 2. The zero-order valence-corrected chi connectivity index (χ0v) is 10.7. The smallest absolute Gasteiger partial charge is 0.339 e. The summed E-state index contributed by atoms with van der Waals surface area (Å²) < 4.78 is 0. The molecule has 1 aliphatic rings. The van der Waals surface area contributed by atoms with Crippen LogP contribution in [-0.4, -0.2) is 59.4 Å². The number of carbonyl (C=O) groups is 1. The number of hydrogen-bond donors (Lipinski definition) is 1. The molecule has 1 N–H and O–H groups in total. The van der Waals surface area contributed by atoms with Crippen LogP contribution in [0.5, 0.6) is 0 Å². The Balaban J connectivity index is 2.18. The van der Waals surface area contributed by atoms with E-state index in [1.807, 2.05) is 11.9 Å². The standard InChI is InChI=1S/C12H18N4O2/c1-15-7-4-9(5-8-15)16(2)11-10(12(17)18)3-6-13-14-11/h3,6,9H,4-5,7-8H2,1-2H3,(H,17,18). The molecule has 2 rings (SSSR count). The number of nitrogens with zero attached hydrogens (tertiary/aromatic N) is 4. The molecule has 98 valence electrons. The van der Waals surface area contributed by atoms with Crippen LogP contribution in [0.15, 0.2) is 12.3 Å². The third kappa shape index (κ3) is 2.59. The van der Waals surface area contributed by atoms with Gasteiger partial charge >= 0.3 is 5.97 Å². The zero-order chi connectivity index (χ0) is 13.1. The third-order valence-electron chi connectivity index (χ3n) is 3.50. The topological polar surface area (TPSA) is 69.6 Å². The first-order valence-corrected chi connectivity index (χ1v) is 6.06. The summed E-state index contributed by atoms with van der Waals surface area (Å²) in [5.74, 6) is -0.501. The van der Waals surface area contributed by atoms with E-state index in [2.05, 4.69) is 22.1 Å². The van der Waals surface area contributed by atoms with Crippen molar-refractivity contribution < 1.29 is 9.90 Å². The largest absolute Gasteiger partial charge is 0.478 e. The van der Waals surface area contributed by atoms with Gasteiger partial charge in [0.25, 0.3) is 0 Å². The highest BCUT2D eigenvalue weighted by Crippen LogP contribution is 2.22.